The minimum Gasteiger partial charge on any atom is -0.322 e. The molecule has 2 unspecified atom stereocenters. The van der Waals surface area contributed by atoms with E-state index in [4.69, 9.17) is 11.6 Å². The lowest BCUT2D eigenvalue weighted by atomic mass is 9.97. The van der Waals surface area contributed by atoms with E-state index in [0.717, 1.165) is 5.56 Å². The zero-order chi connectivity index (χ0) is 15.5. The van der Waals surface area contributed by atoms with Crippen LogP contribution in [0, 0.1) is 0 Å². The van der Waals surface area contributed by atoms with Gasteiger partial charge in [0.25, 0.3) is 5.91 Å². The summed E-state index contributed by atoms with van der Waals surface area (Å²) in [4.78, 5) is 12.1. The maximum atomic E-state index is 13.7. The van der Waals surface area contributed by atoms with Crippen molar-refractivity contribution in [2.75, 3.05) is 18.4 Å². The van der Waals surface area contributed by atoms with E-state index < -0.39 is 6.17 Å². The van der Waals surface area contributed by atoms with E-state index in [2.05, 4.69) is 10.6 Å². The zero-order valence-corrected chi connectivity index (χ0v) is 12.6. The van der Waals surface area contributed by atoms with Crippen LogP contribution in [0.2, 0.25) is 5.02 Å². The molecule has 114 valence electrons. The highest BCUT2D eigenvalue weighted by molar-refractivity contribution is 6.30. The molecule has 2 aromatic rings. The molecule has 5 heteroatoms. The van der Waals surface area contributed by atoms with Crippen LogP contribution in [0.25, 0.3) is 0 Å². The first-order valence-electron chi connectivity index (χ1n) is 7.15. The van der Waals surface area contributed by atoms with Gasteiger partial charge in [-0.2, -0.15) is 0 Å². The number of alkyl halides is 1. The number of carbonyl (C=O) groups excluding carboxylic acids is 1. The summed E-state index contributed by atoms with van der Waals surface area (Å²) in [5.41, 5.74) is 2.17. The Hall–Kier alpha value is -1.91. The summed E-state index contributed by atoms with van der Waals surface area (Å²) < 4.78 is 13.7. The molecule has 1 fully saturated rings. The van der Waals surface area contributed by atoms with E-state index in [0.29, 0.717) is 29.4 Å². The van der Waals surface area contributed by atoms with E-state index in [-0.39, 0.29) is 11.8 Å². The Morgan fingerprint density at radius 3 is 2.36 bits per heavy atom. The molecule has 3 nitrogen and oxygen atoms in total. The van der Waals surface area contributed by atoms with Crippen LogP contribution in [0.3, 0.4) is 0 Å². The highest BCUT2D eigenvalue weighted by Gasteiger charge is 2.27. The van der Waals surface area contributed by atoms with Crippen LogP contribution in [0.4, 0.5) is 10.1 Å². The first-order valence-corrected chi connectivity index (χ1v) is 7.53. The minimum atomic E-state index is -0.852. The second kappa shape index (κ2) is 6.46. The number of anilines is 1. The molecule has 1 amide bonds. The van der Waals surface area contributed by atoms with Crippen LogP contribution in [0.5, 0.6) is 0 Å². The second-order valence-electron chi connectivity index (χ2n) is 5.36. The average molecular weight is 319 g/mol. The van der Waals surface area contributed by atoms with E-state index in [1.807, 2.05) is 12.1 Å². The number of benzene rings is 2. The quantitative estimate of drug-likeness (QED) is 0.907. The molecule has 22 heavy (non-hydrogen) atoms. The number of amides is 1. The van der Waals surface area contributed by atoms with Gasteiger partial charge < -0.3 is 10.6 Å². The molecule has 3 rings (SSSR count). The molecule has 0 bridgehead atoms. The monoisotopic (exact) mass is 318 g/mol. The topological polar surface area (TPSA) is 41.1 Å². The summed E-state index contributed by atoms with van der Waals surface area (Å²) in [6.45, 7) is 1.05. The number of hydrogen-bond donors (Lipinski definition) is 2. The van der Waals surface area contributed by atoms with Gasteiger partial charge in [0.2, 0.25) is 0 Å². The van der Waals surface area contributed by atoms with Gasteiger partial charge in [-0.1, -0.05) is 23.7 Å². The molecule has 1 heterocycles. The normalized spacial score (nSPS) is 20.8. The van der Waals surface area contributed by atoms with Crippen LogP contribution >= 0.6 is 11.6 Å². The van der Waals surface area contributed by atoms with Gasteiger partial charge in [0.05, 0.1) is 0 Å². The van der Waals surface area contributed by atoms with Crippen LogP contribution in [0.15, 0.2) is 48.5 Å². The van der Waals surface area contributed by atoms with Crippen molar-refractivity contribution in [2.24, 2.45) is 0 Å². The van der Waals surface area contributed by atoms with Crippen molar-refractivity contribution in [1.29, 1.82) is 0 Å². The number of rotatable bonds is 3. The lowest BCUT2D eigenvalue weighted by molar-refractivity contribution is 0.102. The third-order valence-electron chi connectivity index (χ3n) is 3.84. The first kappa shape index (κ1) is 15.0. The summed E-state index contributed by atoms with van der Waals surface area (Å²) in [5.74, 6) is -0.309. The molecule has 0 aliphatic carbocycles. The Balaban J connectivity index is 1.68. The standard InChI is InChI=1S/C17H16ClFN2O/c18-13-5-1-12(2-6-13)17(22)21-14-7-3-11(4-8-14)15-9-20-10-16(15)19/h1-8,15-16,20H,9-10H2,(H,21,22). The van der Waals surface area contributed by atoms with Crippen molar-refractivity contribution in [3.8, 4) is 0 Å². The van der Waals surface area contributed by atoms with Crippen molar-refractivity contribution in [3.63, 3.8) is 0 Å². The van der Waals surface area contributed by atoms with Gasteiger partial charge in [-0.05, 0) is 42.0 Å². The van der Waals surface area contributed by atoms with Gasteiger partial charge in [-0.15, -0.1) is 0 Å². The van der Waals surface area contributed by atoms with Crippen molar-refractivity contribution < 1.29 is 9.18 Å². The molecule has 2 atom stereocenters. The largest absolute Gasteiger partial charge is 0.322 e. The fraction of sp³-hybridized carbons (Fsp3) is 0.235. The van der Waals surface area contributed by atoms with Gasteiger partial charge in [-0.25, -0.2) is 4.39 Å². The minimum absolute atomic E-state index is 0.110. The molecule has 0 spiro atoms. The summed E-state index contributed by atoms with van der Waals surface area (Å²) in [6.07, 6.45) is -0.852. The van der Waals surface area contributed by atoms with E-state index in [1.54, 1.807) is 36.4 Å². The molecule has 0 radical (unpaired) electrons. The Morgan fingerprint density at radius 1 is 1.09 bits per heavy atom. The molecule has 2 N–H and O–H groups in total. The summed E-state index contributed by atoms with van der Waals surface area (Å²) >= 11 is 5.80. The Kier molecular flexibility index (Phi) is 4.41. The fourth-order valence-corrected chi connectivity index (χ4v) is 2.72. The molecule has 0 aromatic heterocycles. The average Bonchev–Trinajstić information content (AvgIpc) is 2.95. The van der Waals surface area contributed by atoms with Crippen LogP contribution in [0.1, 0.15) is 21.8 Å². The van der Waals surface area contributed by atoms with Gasteiger partial charge in [0.1, 0.15) is 6.17 Å². The molecular formula is C17H16ClFN2O. The van der Waals surface area contributed by atoms with Crippen LogP contribution in [-0.2, 0) is 0 Å². The zero-order valence-electron chi connectivity index (χ0n) is 11.9. The molecule has 1 saturated heterocycles. The molecule has 1 aliphatic heterocycles. The second-order valence-corrected chi connectivity index (χ2v) is 5.80. The van der Waals surface area contributed by atoms with Crippen LogP contribution in [-0.4, -0.2) is 25.2 Å². The highest BCUT2D eigenvalue weighted by atomic mass is 35.5. The maximum Gasteiger partial charge on any atom is 0.255 e. The summed E-state index contributed by atoms with van der Waals surface area (Å²) in [6, 6.07) is 14.0. The SMILES string of the molecule is O=C(Nc1ccc(C2CNCC2F)cc1)c1ccc(Cl)cc1. The maximum absolute atomic E-state index is 13.7. The predicted molar refractivity (Wildman–Crippen MR) is 86.4 cm³/mol. The third-order valence-corrected chi connectivity index (χ3v) is 4.10. The smallest absolute Gasteiger partial charge is 0.255 e. The predicted octanol–water partition coefficient (Wildman–Crippen LogP) is 3.62. The fourth-order valence-electron chi connectivity index (χ4n) is 2.59. The number of nitrogens with one attached hydrogen (secondary N) is 2. The van der Waals surface area contributed by atoms with Crippen LogP contribution < -0.4 is 10.6 Å². The van der Waals surface area contributed by atoms with Gasteiger partial charge in [0, 0.05) is 35.3 Å². The van der Waals surface area contributed by atoms with Gasteiger partial charge in [0.15, 0.2) is 0 Å². The number of hydrogen-bond acceptors (Lipinski definition) is 2. The van der Waals surface area contributed by atoms with Crippen molar-refractivity contribution in [1.82, 2.24) is 5.32 Å². The first-order chi connectivity index (χ1) is 10.6. The third kappa shape index (κ3) is 3.29. The summed E-state index contributed by atoms with van der Waals surface area (Å²) in [5, 5.41) is 6.44. The van der Waals surface area contributed by atoms with Gasteiger partial charge >= 0.3 is 0 Å². The highest BCUT2D eigenvalue weighted by Crippen LogP contribution is 2.26. The molecular weight excluding hydrogens is 303 g/mol. The van der Waals surface area contributed by atoms with Crippen molar-refractivity contribution >= 4 is 23.2 Å². The molecule has 0 saturated carbocycles. The Morgan fingerprint density at radius 2 is 1.77 bits per heavy atom. The van der Waals surface area contributed by atoms with E-state index in [1.165, 1.54) is 0 Å². The van der Waals surface area contributed by atoms with Gasteiger partial charge in [-0.3, -0.25) is 4.79 Å². The Labute approximate surface area is 133 Å². The number of carbonyl (C=O) groups is 1. The lowest BCUT2D eigenvalue weighted by Gasteiger charge is -2.13. The van der Waals surface area contributed by atoms with E-state index >= 15 is 0 Å². The van der Waals surface area contributed by atoms with Crippen molar-refractivity contribution in [3.05, 3.63) is 64.7 Å². The summed E-state index contributed by atoms with van der Waals surface area (Å²) in [7, 11) is 0. The molecule has 1 aliphatic rings. The Bertz CT molecular complexity index is 657. The molecule has 2 aromatic carbocycles. The van der Waals surface area contributed by atoms with E-state index in [9.17, 15) is 9.18 Å². The van der Waals surface area contributed by atoms with Crippen molar-refractivity contribution in [2.45, 2.75) is 12.1 Å². The number of halogens is 2. The lowest BCUT2D eigenvalue weighted by Crippen LogP contribution is -2.13.